The number of pyridine rings is 1. The van der Waals surface area contributed by atoms with Crippen LogP contribution in [0.3, 0.4) is 0 Å². The van der Waals surface area contributed by atoms with E-state index in [0.29, 0.717) is 6.54 Å². The molecule has 84 valence electrons. The first kappa shape index (κ1) is 11.8. The number of aromatic nitrogens is 1. The van der Waals surface area contributed by atoms with Crippen LogP contribution >= 0.6 is 0 Å². The predicted octanol–water partition coefficient (Wildman–Crippen LogP) is 1.33. The average molecular weight is 209 g/mol. The first-order valence-electron chi connectivity index (χ1n) is 5.30. The monoisotopic (exact) mass is 209 g/mol. The molecule has 0 aliphatic rings. The summed E-state index contributed by atoms with van der Waals surface area (Å²) >= 11 is 0. The van der Waals surface area contributed by atoms with E-state index in [1.54, 1.807) is 6.20 Å². The molecule has 0 saturated heterocycles. The lowest BCUT2D eigenvalue weighted by atomic mass is 10.3. The van der Waals surface area contributed by atoms with Crippen LogP contribution in [0.15, 0.2) is 18.3 Å². The molecular formula is C11H19N3O. The van der Waals surface area contributed by atoms with Crippen molar-refractivity contribution in [2.75, 3.05) is 37.0 Å². The van der Waals surface area contributed by atoms with Gasteiger partial charge in [0.25, 0.3) is 0 Å². The minimum absolute atomic E-state index is 0.163. The summed E-state index contributed by atoms with van der Waals surface area (Å²) in [6.07, 6.45) is 2.86. The van der Waals surface area contributed by atoms with Gasteiger partial charge in [-0.2, -0.15) is 0 Å². The van der Waals surface area contributed by atoms with Crippen LogP contribution in [0.25, 0.3) is 0 Å². The number of hydrogen-bond acceptors (Lipinski definition) is 4. The predicted molar refractivity (Wildman–Crippen MR) is 63.4 cm³/mol. The maximum Gasteiger partial charge on any atom is 0.127 e. The molecule has 0 bridgehead atoms. The van der Waals surface area contributed by atoms with Crippen molar-refractivity contribution in [2.45, 2.75) is 13.3 Å². The molecule has 1 aromatic heterocycles. The Hall–Kier alpha value is -1.29. The number of nitrogens with one attached hydrogen (secondary N) is 1. The van der Waals surface area contributed by atoms with E-state index >= 15 is 0 Å². The molecule has 0 amide bonds. The van der Waals surface area contributed by atoms with Crippen molar-refractivity contribution < 1.29 is 5.11 Å². The van der Waals surface area contributed by atoms with Crippen molar-refractivity contribution in [3.8, 4) is 0 Å². The summed E-state index contributed by atoms with van der Waals surface area (Å²) in [5.74, 6) is 0.888. The zero-order valence-electron chi connectivity index (χ0n) is 9.40. The third kappa shape index (κ3) is 3.75. The van der Waals surface area contributed by atoms with E-state index in [4.69, 9.17) is 5.11 Å². The van der Waals surface area contributed by atoms with Crippen LogP contribution in [-0.4, -0.2) is 36.8 Å². The summed E-state index contributed by atoms with van der Waals surface area (Å²) in [7, 11) is 1.95. The number of likely N-dealkylation sites (N-methyl/N-ethyl adjacent to an activating group) is 1. The highest BCUT2D eigenvalue weighted by molar-refractivity contribution is 5.53. The third-order valence-corrected chi connectivity index (χ3v) is 2.18. The second-order valence-corrected chi connectivity index (χ2v) is 3.47. The van der Waals surface area contributed by atoms with Crippen molar-refractivity contribution in [2.24, 2.45) is 0 Å². The summed E-state index contributed by atoms with van der Waals surface area (Å²) in [4.78, 5) is 6.22. The van der Waals surface area contributed by atoms with E-state index in [0.717, 1.165) is 24.5 Å². The van der Waals surface area contributed by atoms with Crippen LogP contribution in [0, 0.1) is 0 Å². The maximum absolute atomic E-state index is 8.84. The van der Waals surface area contributed by atoms with Gasteiger partial charge in [-0.1, -0.05) is 6.92 Å². The van der Waals surface area contributed by atoms with Gasteiger partial charge in [0.05, 0.1) is 6.61 Å². The molecule has 1 heterocycles. The Morgan fingerprint density at radius 1 is 1.53 bits per heavy atom. The van der Waals surface area contributed by atoms with Gasteiger partial charge in [0, 0.05) is 38.1 Å². The van der Waals surface area contributed by atoms with Gasteiger partial charge in [-0.3, -0.25) is 0 Å². The molecule has 0 aliphatic heterocycles. The molecule has 0 spiro atoms. The third-order valence-electron chi connectivity index (χ3n) is 2.18. The van der Waals surface area contributed by atoms with Gasteiger partial charge in [0.15, 0.2) is 0 Å². The molecule has 4 nitrogen and oxygen atoms in total. The van der Waals surface area contributed by atoms with Crippen molar-refractivity contribution in [1.82, 2.24) is 4.98 Å². The Morgan fingerprint density at radius 3 is 3.00 bits per heavy atom. The van der Waals surface area contributed by atoms with Crippen LogP contribution in [0.5, 0.6) is 0 Å². The summed E-state index contributed by atoms with van der Waals surface area (Å²) in [5.41, 5.74) is 1.07. The van der Waals surface area contributed by atoms with E-state index in [1.807, 2.05) is 24.1 Å². The molecule has 2 N–H and O–H groups in total. The minimum Gasteiger partial charge on any atom is -0.395 e. The Kier molecular flexibility index (Phi) is 4.90. The summed E-state index contributed by atoms with van der Waals surface area (Å²) in [6, 6.07) is 3.93. The van der Waals surface area contributed by atoms with E-state index < -0.39 is 0 Å². The molecule has 4 heteroatoms. The fourth-order valence-electron chi connectivity index (χ4n) is 1.29. The molecule has 0 fully saturated rings. The van der Waals surface area contributed by atoms with Crippen LogP contribution < -0.4 is 10.2 Å². The summed E-state index contributed by atoms with van der Waals surface area (Å²) in [6.45, 7) is 3.85. The van der Waals surface area contributed by atoms with Crippen molar-refractivity contribution >= 4 is 11.5 Å². The average Bonchev–Trinajstić information content (AvgIpc) is 2.27. The Labute approximate surface area is 90.9 Å². The molecule has 0 aliphatic carbocycles. The molecular weight excluding hydrogens is 190 g/mol. The van der Waals surface area contributed by atoms with Gasteiger partial charge in [0.1, 0.15) is 5.82 Å². The molecule has 1 rings (SSSR count). The fourth-order valence-corrected chi connectivity index (χ4v) is 1.29. The molecule has 0 radical (unpaired) electrons. The lowest BCUT2D eigenvalue weighted by Crippen LogP contribution is -2.21. The molecule has 0 saturated carbocycles. The number of rotatable bonds is 6. The molecule has 15 heavy (non-hydrogen) atoms. The molecule has 0 atom stereocenters. The fraction of sp³-hybridized carbons (Fsp3) is 0.545. The standard InChI is InChI=1S/C11H19N3O/c1-3-5-12-11-9-10(4-6-13-11)14(2)7-8-15/h4,6,9,15H,3,5,7-8H2,1-2H3,(H,12,13). The Balaban J connectivity index is 2.64. The SMILES string of the molecule is CCCNc1cc(N(C)CCO)ccn1. The second-order valence-electron chi connectivity index (χ2n) is 3.47. The topological polar surface area (TPSA) is 48.4 Å². The lowest BCUT2D eigenvalue weighted by Gasteiger charge is -2.18. The Bertz CT molecular complexity index is 291. The lowest BCUT2D eigenvalue weighted by molar-refractivity contribution is 0.304. The first-order chi connectivity index (χ1) is 7.27. The van der Waals surface area contributed by atoms with Crippen molar-refractivity contribution in [3.63, 3.8) is 0 Å². The highest BCUT2D eigenvalue weighted by atomic mass is 16.3. The largest absolute Gasteiger partial charge is 0.395 e. The summed E-state index contributed by atoms with van der Waals surface area (Å²) < 4.78 is 0. The second kappa shape index (κ2) is 6.24. The number of aliphatic hydroxyl groups excluding tert-OH is 1. The van der Waals surface area contributed by atoms with Gasteiger partial charge in [-0.05, 0) is 12.5 Å². The van der Waals surface area contributed by atoms with Gasteiger partial charge in [-0.25, -0.2) is 4.98 Å². The summed E-state index contributed by atoms with van der Waals surface area (Å²) in [5, 5.41) is 12.1. The number of hydrogen-bond donors (Lipinski definition) is 2. The van der Waals surface area contributed by atoms with E-state index in [2.05, 4.69) is 17.2 Å². The molecule has 1 aromatic rings. The number of anilines is 2. The highest BCUT2D eigenvalue weighted by Gasteiger charge is 2.01. The van der Waals surface area contributed by atoms with Gasteiger partial charge in [-0.15, -0.1) is 0 Å². The maximum atomic E-state index is 8.84. The van der Waals surface area contributed by atoms with Gasteiger partial charge >= 0.3 is 0 Å². The Morgan fingerprint density at radius 2 is 2.33 bits per heavy atom. The zero-order chi connectivity index (χ0) is 11.1. The van der Waals surface area contributed by atoms with Gasteiger partial charge < -0.3 is 15.3 Å². The smallest absolute Gasteiger partial charge is 0.127 e. The number of nitrogens with zero attached hydrogens (tertiary/aromatic N) is 2. The first-order valence-corrected chi connectivity index (χ1v) is 5.30. The quantitative estimate of drug-likeness (QED) is 0.742. The van der Waals surface area contributed by atoms with E-state index in [-0.39, 0.29) is 6.61 Å². The van der Waals surface area contributed by atoms with Crippen LogP contribution in [0.2, 0.25) is 0 Å². The number of aliphatic hydroxyl groups is 1. The van der Waals surface area contributed by atoms with Crippen LogP contribution in [0.1, 0.15) is 13.3 Å². The van der Waals surface area contributed by atoms with E-state index in [9.17, 15) is 0 Å². The molecule has 0 unspecified atom stereocenters. The normalized spacial score (nSPS) is 10.1. The minimum atomic E-state index is 0.163. The van der Waals surface area contributed by atoms with Crippen molar-refractivity contribution in [1.29, 1.82) is 0 Å². The van der Waals surface area contributed by atoms with E-state index in [1.165, 1.54) is 0 Å². The highest BCUT2D eigenvalue weighted by Crippen LogP contribution is 2.15. The zero-order valence-corrected chi connectivity index (χ0v) is 9.40. The molecule has 0 aromatic carbocycles. The van der Waals surface area contributed by atoms with Crippen molar-refractivity contribution in [3.05, 3.63) is 18.3 Å². The van der Waals surface area contributed by atoms with Gasteiger partial charge in [0.2, 0.25) is 0 Å². The van der Waals surface area contributed by atoms with Crippen LogP contribution in [-0.2, 0) is 0 Å². The van der Waals surface area contributed by atoms with Crippen LogP contribution in [0.4, 0.5) is 11.5 Å².